The first kappa shape index (κ1) is 28.7. The van der Waals surface area contributed by atoms with Gasteiger partial charge in [-0.3, -0.25) is 14.4 Å². The standard InChI is InChI=1S/C35H35N3O4/c1-24(2)33-36-17-19-37(33)20-21-42-34(41)35(3,4)27-15-13-25(14-16-27)22-30(39)32(40)31-29(26-10-6-5-7-11-26)23-28-12-8-9-18-38(28)31/h5-19,23-24H,20-22H2,1-4H3. The number of imidazole rings is 1. The van der Waals surface area contributed by atoms with E-state index in [-0.39, 0.29) is 24.9 Å². The first-order chi connectivity index (χ1) is 20.2. The lowest BCUT2D eigenvalue weighted by Gasteiger charge is -2.23. The fourth-order valence-electron chi connectivity index (χ4n) is 5.18. The van der Waals surface area contributed by atoms with Crippen molar-refractivity contribution in [1.29, 1.82) is 0 Å². The molecule has 7 heteroatoms. The largest absolute Gasteiger partial charge is 0.463 e. The molecule has 0 aliphatic carbocycles. The molecular weight excluding hydrogens is 526 g/mol. The summed E-state index contributed by atoms with van der Waals surface area (Å²) in [6, 6.07) is 24.4. The van der Waals surface area contributed by atoms with Gasteiger partial charge in [0.1, 0.15) is 18.1 Å². The van der Waals surface area contributed by atoms with Crippen LogP contribution >= 0.6 is 0 Å². The van der Waals surface area contributed by atoms with Crippen LogP contribution in [0.4, 0.5) is 0 Å². The van der Waals surface area contributed by atoms with Crippen molar-refractivity contribution in [3.63, 3.8) is 0 Å². The van der Waals surface area contributed by atoms with Crippen LogP contribution in [-0.4, -0.2) is 38.1 Å². The maximum absolute atomic E-state index is 13.5. The average molecular weight is 562 g/mol. The lowest BCUT2D eigenvalue weighted by molar-refractivity contribution is -0.149. The fraction of sp³-hybridized carbons (Fsp3) is 0.257. The number of hydrogen-bond donors (Lipinski definition) is 0. The Balaban J connectivity index is 1.27. The summed E-state index contributed by atoms with van der Waals surface area (Å²) in [6.07, 6.45) is 5.41. The van der Waals surface area contributed by atoms with Crippen molar-refractivity contribution in [3.05, 3.63) is 120 Å². The van der Waals surface area contributed by atoms with Crippen LogP contribution in [0.2, 0.25) is 0 Å². The van der Waals surface area contributed by atoms with Crippen molar-refractivity contribution in [3.8, 4) is 11.1 Å². The van der Waals surface area contributed by atoms with Gasteiger partial charge in [-0.15, -0.1) is 0 Å². The average Bonchev–Trinajstić information content (AvgIpc) is 3.62. The first-order valence-electron chi connectivity index (χ1n) is 14.2. The lowest BCUT2D eigenvalue weighted by atomic mass is 9.84. The topological polar surface area (TPSA) is 82.7 Å². The number of aromatic nitrogens is 3. The molecule has 0 atom stereocenters. The van der Waals surface area contributed by atoms with Crippen LogP contribution in [0.5, 0.6) is 0 Å². The molecule has 0 saturated heterocycles. The summed E-state index contributed by atoms with van der Waals surface area (Å²) in [5, 5.41) is 0. The molecular formula is C35H35N3O4. The van der Waals surface area contributed by atoms with Gasteiger partial charge in [-0.05, 0) is 48.7 Å². The number of hydrogen-bond acceptors (Lipinski definition) is 5. The summed E-state index contributed by atoms with van der Waals surface area (Å²) in [5.74, 6) is -0.132. The molecule has 0 aliphatic rings. The number of carbonyl (C=O) groups excluding carboxylic acids is 3. The molecule has 0 N–H and O–H groups in total. The quantitative estimate of drug-likeness (QED) is 0.105. The monoisotopic (exact) mass is 561 g/mol. The van der Waals surface area contributed by atoms with Crippen molar-refractivity contribution in [2.75, 3.05) is 6.61 Å². The van der Waals surface area contributed by atoms with E-state index in [4.69, 9.17) is 4.74 Å². The highest BCUT2D eigenvalue weighted by atomic mass is 16.5. The Kier molecular flexibility index (Phi) is 8.20. The molecule has 0 amide bonds. The number of nitrogens with zero attached hydrogens (tertiary/aromatic N) is 3. The van der Waals surface area contributed by atoms with Gasteiger partial charge in [-0.25, -0.2) is 4.98 Å². The first-order valence-corrected chi connectivity index (χ1v) is 14.2. The molecule has 5 rings (SSSR count). The number of ether oxygens (including phenoxy) is 1. The summed E-state index contributed by atoms with van der Waals surface area (Å²) in [4.78, 5) is 44.2. The molecule has 5 aromatic rings. The van der Waals surface area contributed by atoms with Crippen LogP contribution in [0, 0.1) is 0 Å². The van der Waals surface area contributed by atoms with Crippen LogP contribution in [0.1, 0.15) is 61.1 Å². The molecule has 0 radical (unpaired) electrons. The van der Waals surface area contributed by atoms with Crippen LogP contribution in [0.3, 0.4) is 0 Å². The van der Waals surface area contributed by atoms with Crippen molar-refractivity contribution >= 4 is 23.1 Å². The second kappa shape index (κ2) is 12.0. The van der Waals surface area contributed by atoms with Crippen molar-refractivity contribution < 1.29 is 19.1 Å². The molecule has 0 fully saturated rings. The summed E-state index contributed by atoms with van der Waals surface area (Å²) >= 11 is 0. The Bertz CT molecular complexity index is 1730. The highest BCUT2D eigenvalue weighted by Gasteiger charge is 2.32. The van der Waals surface area contributed by atoms with E-state index in [0.29, 0.717) is 17.8 Å². The van der Waals surface area contributed by atoms with E-state index in [1.54, 1.807) is 28.9 Å². The van der Waals surface area contributed by atoms with Crippen LogP contribution in [0.15, 0.2) is 97.5 Å². The van der Waals surface area contributed by atoms with E-state index in [9.17, 15) is 14.4 Å². The number of rotatable bonds is 11. The Morgan fingerprint density at radius 1 is 0.905 bits per heavy atom. The molecule has 214 valence electrons. The predicted molar refractivity (Wildman–Crippen MR) is 163 cm³/mol. The second-order valence-corrected chi connectivity index (χ2v) is 11.3. The maximum Gasteiger partial charge on any atom is 0.316 e. The van der Waals surface area contributed by atoms with E-state index in [2.05, 4.69) is 18.8 Å². The van der Waals surface area contributed by atoms with Gasteiger partial charge in [-0.2, -0.15) is 0 Å². The zero-order chi connectivity index (χ0) is 29.9. The Morgan fingerprint density at radius 2 is 1.62 bits per heavy atom. The molecule has 0 unspecified atom stereocenters. The predicted octanol–water partition coefficient (Wildman–Crippen LogP) is 6.44. The van der Waals surface area contributed by atoms with Gasteiger partial charge in [0, 0.05) is 42.0 Å². The summed E-state index contributed by atoms with van der Waals surface area (Å²) in [5.41, 5.74) is 3.39. The van der Waals surface area contributed by atoms with Crippen molar-refractivity contribution in [2.24, 2.45) is 0 Å². The van der Waals surface area contributed by atoms with Gasteiger partial charge in [0.25, 0.3) is 0 Å². The zero-order valence-electron chi connectivity index (χ0n) is 24.4. The molecule has 0 bridgehead atoms. The van der Waals surface area contributed by atoms with E-state index >= 15 is 0 Å². The van der Waals surface area contributed by atoms with Gasteiger partial charge in [0.05, 0.1) is 12.0 Å². The second-order valence-electron chi connectivity index (χ2n) is 11.3. The van der Waals surface area contributed by atoms with Crippen LogP contribution < -0.4 is 0 Å². The highest BCUT2D eigenvalue weighted by Crippen LogP contribution is 2.29. The van der Waals surface area contributed by atoms with Crippen molar-refractivity contribution in [1.82, 2.24) is 14.0 Å². The minimum atomic E-state index is -0.885. The molecule has 2 aromatic carbocycles. The third-order valence-corrected chi connectivity index (χ3v) is 7.61. The molecule has 0 aliphatic heterocycles. The van der Waals surface area contributed by atoms with E-state index in [0.717, 1.165) is 28.0 Å². The number of ketones is 2. The summed E-state index contributed by atoms with van der Waals surface area (Å²) in [6.45, 7) is 8.56. The molecule has 3 heterocycles. The minimum Gasteiger partial charge on any atom is -0.463 e. The molecule has 3 aromatic heterocycles. The van der Waals surface area contributed by atoms with E-state index in [1.807, 2.05) is 91.3 Å². The third kappa shape index (κ3) is 5.81. The normalized spacial score (nSPS) is 11.6. The number of fused-ring (bicyclic) bond motifs is 1. The number of benzene rings is 2. The van der Waals surface area contributed by atoms with Gasteiger partial charge >= 0.3 is 5.97 Å². The minimum absolute atomic E-state index is 0.0403. The molecule has 0 saturated carbocycles. The van der Waals surface area contributed by atoms with Crippen LogP contribution in [0.25, 0.3) is 16.6 Å². The van der Waals surface area contributed by atoms with Gasteiger partial charge < -0.3 is 13.7 Å². The van der Waals surface area contributed by atoms with Gasteiger partial charge in [-0.1, -0.05) is 74.5 Å². The Labute approximate surface area is 245 Å². The summed E-state index contributed by atoms with van der Waals surface area (Å²) < 4.78 is 9.40. The van der Waals surface area contributed by atoms with Crippen molar-refractivity contribution in [2.45, 2.75) is 52.0 Å². The van der Waals surface area contributed by atoms with Gasteiger partial charge in [0.2, 0.25) is 11.6 Å². The highest BCUT2D eigenvalue weighted by molar-refractivity contribution is 6.45. The van der Waals surface area contributed by atoms with E-state index in [1.165, 1.54) is 0 Å². The molecule has 42 heavy (non-hydrogen) atoms. The Hall–Kier alpha value is -4.78. The smallest absolute Gasteiger partial charge is 0.316 e. The number of carbonyl (C=O) groups is 3. The van der Waals surface area contributed by atoms with E-state index < -0.39 is 17.0 Å². The number of esters is 1. The maximum atomic E-state index is 13.5. The zero-order valence-corrected chi connectivity index (χ0v) is 24.4. The van der Waals surface area contributed by atoms with Gasteiger partial charge in [0.15, 0.2) is 0 Å². The molecule has 7 nitrogen and oxygen atoms in total. The summed E-state index contributed by atoms with van der Waals surface area (Å²) in [7, 11) is 0. The lowest BCUT2D eigenvalue weighted by Crippen LogP contribution is -2.32. The number of pyridine rings is 1. The molecule has 0 spiro atoms. The SMILES string of the molecule is CC(C)c1nccn1CCOC(=O)C(C)(C)c1ccc(CC(=O)C(=O)c2c(-c3ccccc3)cc3ccccn23)cc1. The van der Waals surface area contributed by atoms with Crippen LogP contribution in [-0.2, 0) is 32.7 Å². The fourth-order valence-corrected chi connectivity index (χ4v) is 5.18. The number of Topliss-reactive ketones (excluding diaryl/α,β-unsaturated/α-hetero) is 2. The Morgan fingerprint density at radius 3 is 2.33 bits per heavy atom. The third-order valence-electron chi connectivity index (χ3n) is 7.61.